The molecule has 0 aromatic carbocycles. The SMILES string of the molecule is CC(NCC1CCCN1)c1ncn[nH]1. The molecule has 1 saturated heterocycles. The minimum absolute atomic E-state index is 0.250. The Morgan fingerprint density at radius 3 is 3.29 bits per heavy atom. The van der Waals surface area contributed by atoms with Crippen LogP contribution in [0.25, 0.3) is 0 Å². The Labute approximate surface area is 83.7 Å². The van der Waals surface area contributed by atoms with Crippen LogP contribution >= 0.6 is 0 Å². The molecule has 1 aliphatic rings. The molecule has 0 aliphatic carbocycles. The van der Waals surface area contributed by atoms with Crippen LogP contribution in [-0.4, -0.2) is 34.3 Å². The summed E-state index contributed by atoms with van der Waals surface area (Å²) < 4.78 is 0. The van der Waals surface area contributed by atoms with Crippen molar-refractivity contribution in [2.24, 2.45) is 0 Å². The number of nitrogens with zero attached hydrogens (tertiary/aromatic N) is 2. The molecule has 1 aromatic rings. The maximum Gasteiger partial charge on any atom is 0.141 e. The fourth-order valence-electron chi connectivity index (χ4n) is 1.77. The van der Waals surface area contributed by atoms with Crippen molar-refractivity contribution >= 4 is 0 Å². The predicted molar refractivity (Wildman–Crippen MR) is 53.8 cm³/mol. The molecule has 0 spiro atoms. The summed E-state index contributed by atoms with van der Waals surface area (Å²) in [6, 6.07) is 0.875. The lowest BCUT2D eigenvalue weighted by Crippen LogP contribution is -2.35. The lowest BCUT2D eigenvalue weighted by atomic mass is 10.2. The van der Waals surface area contributed by atoms with Gasteiger partial charge in [-0.05, 0) is 26.3 Å². The van der Waals surface area contributed by atoms with E-state index in [1.807, 2.05) is 0 Å². The third-order valence-corrected chi connectivity index (χ3v) is 2.68. The number of aromatic amines is 1. The smallest absolute Gasteiger partial charge is 0.141 e. The summed E-state index contributed by atoms with van der Waals surface area (Å²) in [7, 11) is 0. The summed E-state index contributed by atoms with van der Waals surface area (Å²) in [5.41, 5.74) is 0. The number of aromatic nitrogens is 3. The van der Waals surface area contributed by atoms with E-state index in [-0.39, 0.29) is 6.04 Å². The Bertz CT molecular complexity index is 252. The van der Waals surface area contributed by atoms with Gasteiger partial charge in [0.1, 0.15) is 12.2 Å². The van der Waals surface area contributed by atoms with Gasteiger partial charge in [-0.15, -0.1) is 0 Å². The van der Waals surface area contributed by atoms with Gasteiger partial charge in [0.25, 0.3) is 0 Å². The van der Waals surface area contributed by atoms with Gasteiger partial charge in [-0.25, -0.2) is 4.98 Å². The van der Waals surface area contributed by atoms with E-state index in [1.54, 1.807) is 6.33 Å². The van der Waals surface area contributed by atoms with Crippen molar-refractivity contribution in [3.63, 3.8) is 0 Å². The first-order valence-electron chi connectivity index (χ1n) is 5.18. The number of H-pyrrole nitrogens is 1. The van der Waals surface area contributed by atoms with Gasteiger partial charge in [-0.3, -0.25) is 5.10 Å². The molecule has 2 atom stereocenters. The van der Waals surface area contributed by atoms with Gasteiger partial charge >= 0.3 is 0 Å². The molecule has 2 unspecified atom stereocenters. The van der Waals surface area contributed by atoms with Gasteiger partial charge in [0.15, 0.2) is 0 Å². The molecule has 3 N–H and O–H groups in total. The van der Waals surface area contributed by atoms with Crippen LogP contribution in [0, 0.1) is 0 Å². The fraction of sp³-hybridized carbons (Fsp3) is 0.778. The normalized spacial score (nSPS) is 23.9. The third-order valence-electron chi connectivity index (χ3n) is 2.68. The molecule has 1 fully saturated rings. The molecule has 5 heteroatoms. The summed E-state index contributed by atoms with van der Waals surface area (Å²) in [6.45, 7) is 4.25. The summed E-state index contributed by atoms with van der Waals surface area (Å²) >= 11 is 0. The highest BCUT2D eigenvalue weighted by Crippen LogP contribution is 2.07. The molecule has 2 rings (SSSR count). The van der Waals surface area contributed by atoms with Gasteiger partial charge in [0.2, 0.25) is 0 Å². The summed E-state index contributed by atoms with van der Waals surface area (Å²) in [5.74, 6) is 0.906. The Hall–Kier alpha value is -0.940. The first-order valence-corrected chi connectivity index (χ1v) is 5.18. The monoisotopic (exact) mass is 195 g/mol. The summed E-state index contributed by atoms with van der Waals surface area (Å²) in [6.07, 6.45) is 4.11. The molecular formula is C9H17N5. The van der Waals surface area contributed by atoms with E-state index in [2.05, 4.69) is 32.7 Å². The average Bonchev–Trinajstić information content (AvgIpc) is 2.87. The number of rotatable bonds is 4. The zero-order valence-corrected chi connectivity index (χ0v) is 8.45. The first kappa shape index (κ1) is 9.61. The highest BCUT2D eigenvalue weighted by Gasteiger charge is 2.15. The van der Waals surface area contributed by atoms with Crippen LogP contribution in [0.15, 0.2) is 6.33 Å². The quantitative estimate of drug-likeness (QED) is 0.642. The van der Waals surface area contributed by atoms with E-state index in [9.17, 15) is 0 Å². The van der Waals surface area contributed by atoms with Crippen molar-refractivity contribution in [3.8, 4) is 0 Å². The Morgan fingerprint density at radius 2 is 2.64 bits per heavy atom. The second-order valence-corrected chi connectivity index (χ2v) is 3.79. The lowest BCUT2D eigenvalue weighted by molar-refractivity contribution is 0.478. The lowest BCUT2D eigenvalue weighted by Gasteiger charge is -2.15. The molecule has 1 aliphatic heterocycles. The first-order chi connectivity index (χ1) is 6.86. The van der Waals surface area contributed by atoms with E-state index in [1.165, 1.54) is 12.8 Å². The van der Waals surface area contributed by atoms with Crippen molar-refractivity contribution in [2.45, 2.75) is 31.8 Å². The Morgan fingerprint density at radius 1 is 1.71 bits per heavy atom. The van der Waals surface area contributed by atoms with E-state index in [0.29, 0.717) is 6.04 Å². The molecule has 1 aromatic heterocycles. The third kappa shape index (κ3) is 2.30. The minimum Gasteiger partial charge on any atom is -0.313 e. The van der Waals surface area contributed by atoms with Gasteiger partial charge < -0.3 is 10.6 Å². The zero-order valence-electron chi connectivity index (χ0n) is 8.45. The van der Waals surface area contributed by atoms with Crippen molar-refractivity contribution in [3.05, 3.63) is 12.2 Å². The number of nitrogens with one attached hydrogen (secondary N) is 3. The van der Waals surface area contributed by atoms with Crippen molar-refractivity contribution in [1.29, 1.82) is 0 Å². The molecule has 0 amide bonds. The Kier molecular flexibility index (Phi) is 3.10. The summed E-state index contributed by atoms with van der Waals surface area (Å²) in [5, 5.41) is 13.6. The van der Waals surface area contributed by atoms with Crippen molar-refractivity contribution in [1.82, 2.24) is 25.8 Å². The zero-order chi connectivity index (χ0) is 9.80. The van der Waals surface area contributed by atoms with Crippen LogP contribution in [-0.2, 0) is 0 Å². The number of hydrogen-bond acceptors (Lipinski definition) is 4. The van der Waals surface area contributed by atoms with Gasteiger partial charge in [-0.1, -0.05) is 0 Å². The van der Waals surface area contributed by atoms with Gasteiger partial charge in [0.05, 0.1) is 6.04 Å². The average molecular weight is 195 g/mol. The minimum atomic E-state index is 0.250. The molecule has 2 heterocycles. The van der Waals surface area contributed by atoms with Gasteiger partial charge in [-0.2, -0.15) is 5.10 Å². The van der Waals surface area contributed by atoms with E-state index < -0.39 is 0 Å². The molecule has 14 heavy (non-hydrogen) atoms. The topological polar surface area (TPSA) is 65.6 Å². The largest absolute Gasteiger partial charge is 0.313 e. The highest BCUT2D eigenvalue weighted by molar-refractivity contribution is 4.89. The number of hydrogen-bond donors (Lipinski definition) is 3. The van der Waals surface area contributed by atoms with Crippen molar-refractivity contribution in [2.75, 3.05) is 13.1 Å². The van der Waals surface area contributed by atoms with E-state index >= 15 is 0 Å². The molecule has 78 valence electrons. The highest BCUT2D eigenvalue weighted by atomic mass is 15.2. The predicted octanol–water partition coefficient (Wildman–Crippen LogP) is 0.207. The van der Waals surface area contributed by atoms with Gasteiger partial charge in [0, 0.05) is 12.6 Å². The maximum absolute atomic E-state index is 4.11. The summed E-state index contributed by atoms with van der Waals surface area (Å²) in [4.78, 5) is 4.11. The van der Waals surface area contributed by atoms with Crippen LogP contribution in [0.2, 0.25) is 0 Å². The maximum atomic E-state index is 4.11. The fourth-order valence-corrected chi connectivity index (χ4v) is 1.77. The molecule has 0 saturated carbocycles. The van der Waals surface area contributed by atoms with E-state index in [0.717, 1.165) is 18.9 Å². The van der Waals surface area contributed by atoms with E-state index in [4.69, 9.17) is 0 Å². The van der Waals surface area contributed by atoms with Crippen molar-refractivity contribution < 1.29 is 0 Å². The second kappa shape index (κ2) is 4.52. The Balaban J connectivity index is 1.74. The van der Waals surface area contributed by atoms with Crippen LogP contribution in [0.1, 0.15) is 31.6 Å². The second-order valence-electron chi connectivity index (χ2n) is 3.79. The standard InChI is InChI=1S/C9H17N5/c1-7(9-12-6-13-14-9)11-5-8-3-2-4-10-8/h6-8,10-11H,2-5H2,1H3,(H,12,13,14). The van der Waals surface area contributed by atoms with Crippen LogP contribution < -0.4 is 10.6 Å². The molecular weight excluding hydrogens is 178 g/mol. The molecule has 0 radical (unpaired) electrons. The van der Waals surface area contributed by atoms with Crippen LogP contribution in [0.4, 0.5) is 0 Å². The van der Waals surface area contributed by atoms with Crippen LogP contribution in [0.5, 0.6) is 0 Å². The molecule has 0 bridgehead atoms. The van der Waals surface area contributed by atoms with Crippen LogP contribution in [0.3, 0.4) is 0 Å². The molecule has 5 nitrogen and oxygen atoms in total.